The van der Waals surface area contributed by atoms with Crippen LogP contribution in [0.5, 0.6) is 0 Å². The van der Waals surface area contributed by atoms with Gasteiger partial charge in [0.1, 0.15) is 17.5 Å². The molecule has 0 amide bonds. The molecule has 164 valence electrons. The smallest absolute Gasteiger partial charge is 0.269 e. The van der Waals surface area contributed by atoms with Crippen molar-refractivity contribution in [3.05, 3.63) is 113 Å². The Hall–Kier alpha value is -4.49. The summed E-state index contributed by atoms with van der Waals surface area (Å²) in [4.78, 5) is 18.5. The van der Waals surface area contributed by atoms with Gasteiger partial charge in [-0.1, -0.05) is 59.2 Å². The fraction of sp³-hybridized carbons (Fsp3) is 0. The van der Waals surface area contributed by atoms with E-state index in [2.05, 4.69) is 10.3 Å². The van der Waals surface area contributed by atoms with Crippen LogP contribution in [0.25, 0.3) is 44.9 Å². The summed E-state index contributed by atoms with van der Waals surface area (Å²) in [6.07, 6.45) is 4.95. The van der Waals surface area contributed by atoms with E-state index in [0.717, 1.165) is 22.4 Å². The Labute approximate surface area is 198 Å². The molecule has 3 aromatic carbocycles. The van der Waals surface area contributed by atoms with E-state index in [-0.39, 0.29) is 5.56 Å². The topological polar surface area (TPSA) is 78.7 Å². The van der Waals surface area contributed by atoms with Crippen LogP contribution in [-0.2, 0) is 0 Å². The van der Waals surface area contributed by atoms with Gasteiger partial charge in [-0.05, 0) is 42.0 Å². The van der Waals surface area contributed by atoms with E-state index in [1.54, 1.807) is 52.2 Å². The zero-order valence-electron chi connectivity index (χ0n) is 17.7. The van der Waals surface area contributed by atoms with E-state index in [0.29, 0.717) is 27.6 Å². The van der Waals surface area contributed by atoms with Crippen molar-refractivity contribution in [3.8, 4) is 33.9 Å². The van der Waals surface area contributed by atoms with Crippen molar-refractivity contribution in [3.63, 3.8) is 0 Å². The molecule has 8 heteroatoms. The molecule has 0 saturated carbocycles. The van der Waals surface area contributed by atoms with Crippen LogP contribution in [0.2, 0.25) is 5.02 Å². The van der Waals surface area contributed by atoms with Gasteiger partial charge in [0, 0.05) is 22.3 Å². The average molecular weight is 466 g/mol. The third-order valence-electron chi connectivity index (χ3n) is 5.57. The Morgan fingerprint density at radius 2 is 1.53 bits per heavy atom. The molecule has 0 bridgehead atoms. The van der Waals surface area contributed by atoms with Gasteiger partial charge >= 0.3 is 0 Å². The summed E-state index contributed by atoms with van der Waals surface area (Å²) in [5.74, 6) is 0.481. The van der Waals surface area contributed by atoms with Gasteiger partial charge in [-0.3, -0.25) is 9.36 Å². The first-order valence-electron chi connectivity index (χ1n) is 10.5. The molecule has 0 aliphatic heterocycles. The second kappa shape index (κ2) is 8.13. The number of aromatic nitrogens is 5. The fourth-order valence-electron chi connectivity index (χ4n) is 3.86. The SMILES string of the molecule is O=c1c2cn(-c3ccccc3)nc2nc(-c2ccc(-c3cnoc3)cc2)n1-c1ccc(Cl)cc1. The van der Waals surface area contributed by atoms with Gasteiger partial charge in [0.15, 0.2) is 5.65 Å². The number of para-hydroxylation sites is 1. The summed E-state index contributed by atoms with van der Waals surface area (Å²) in [7, 11) is 0. The molecule has 6 aromatic rings. The molecular weight excluding hydrogens is 450 g/mol. The van der Waals surface area contributed by atoms with Crippen molar-refractivity contribution in [1.82, 2.24) is 24.5 Å². The molecule has 3 aromatic heterocycles. The van der Waals surface area contributed by atoms with E-state index < -0.39 is 0 Å². The van der Waals surface area contributed by atoms with Gasteiger partial charge in [0.2, 0.25) is 0 Å². The molecule has 0 radical (unpaired) electrons. The van der Waals surface area contributed by atoms with E-state index in [4.69, 9.17) is 21.1 Å². The summed E-state index contributed by atoms with van der Waals surface area (Å²) >= 11 is 6.10. The van der Waals surface area contributed by atoms with Crippen LogP contribution >= 0.6 is 11.6 Å². The van der Waals surface area contributed by atoms with Crippen molar-refractivity contribution in [2.75, 3.05) is 0 Å². The van der Waals surface area contributed by atoms with Crippen molar-refractivity contribution in [1.29, 1.82) is 0 Å². The van der Waals surface area contributed by atoms with Crippen LogP contribution in [0.1, 0.15) is 0 Å². The van der Waals surface area contributed by atoms with Gasteiger partial charge in [-0.25, -0.2) is 9.67 Å². The van der Waals surface area contributed by atoms with Crippen molar-refractivity contribution in [2.45, 2.75) is 0 Å². The highest BCUT2D eigenvalue weighted by Gasteiger charge is 2.18. The predicted octanol–water partition coefficient (Wildman–Crippen LogP) is 5.55. The first-order chi connectivity index (χ1) is 16.7. The lowest BCUT2D eigenvalue weighted by Crippen LogP contribution is -2.21. The molecule has 0 aliphatic rings. The van der Waals surface area contributed by atoms with Gasteiger partial charge in [-0.15, -0.1) is 5.10 Å². The second-order valence-electron chi connectivity index (χ2n) is 7.69. The molecule has 0 saturated heterocycles. The number of benzene rings is 3. The predicted molar refractivity (Wildman–Crippen MR) is 130 cm³/mol. The zero-order valence-corrected chi connectivity index (χ0v) is 18.4. The van der Waals surface area contributed by atoms with Crippen molar-refractivity contribution in [2.24, 2.45) is 0 Å². The second-order valence-corrected chi connectivity index (χ2v) is 8.13. The molecule has 3 heterocycles. The quantitative estimate of drug-likeness (QED) is 0.341. The lowest BCUT2D eigenvalue weighted by molar-refractivity contribution is 0.420. The summed E-state index contributed by atoms with van der Waals surface area (Å²) in [5.41, 5.74) is 4.24. The van der Waals surface area contributed by atoms with Gasteiger partial charge in [0.05, 0.1) is 17.6 Å². The summed E-state index contributed by atoms with van der Waals surface area (Å²) < 4.78 is 8.20. The van der Waals surface area contributed by atoms with Crippen molar-refractivity contribution < 1.29 is 4.52 Å². The third-order valence-corrected chi connectivity index (χ3v) is 5.82. The lowest BCUT2D eigenvalue weighted by Gasteiger charge is -2.13. The summed E-state index contributed by atoms with van der Waals surface area (Å²) in [6, 6.07) is 24.4. The standard InChI is InChI=1S/C26H16ClN5O2/c27-20-10-12-22(13-11-20)32-25(18-8-6-17(7-9-18)19-14-28-34-16-19)29-24-23(26(32)33)15-31(30-24)21-4-2-1-3-5-21/h1-16H. The number of fused-ring (bicyclic) bond motifs is 1. The molecule has 6 rings (SSSR count). The first kappa shape index (κ1) is 20.1. The summed E-state index contributed by atoms with van der Waals surface area (Å²) in [6.45, 7) is 0. The maximum absolute atomic E-state index is 13.7. The number of rotatable bonds is 4. The normalized spacial score (nSPS) is 11.2. The van der Waals surface area contributed by atoms with Gasteiger partial charge in [-0.2, -0.15) is 0 Å². The number of hydrogen-bond donors (Lipinski definition) is 0. The lowest BCUT2D eigenvalue weighted by atomic mass is 10.1. The Morgan fingerprint density at radius 1 is 0.794 bits per heavy atom. The third kappa shape index (κ3) is 3.48. The van der Waals surface area contributed by atoms with Gasteiger partial charge in [0.25, 0.3) is 5.56 Å². The molecule has 34 heavy (non-hydrogen) atoms. The summed E-state index contributed by atoms with van der Waals surface area (Å²) in [5, 5.41) is 9.35. The molecular formula is C26H16ClN5O2. The molecule has 0 unspecified atom stereocenters. The van der Waals surface area contributed by atoms with Crippen LogP contribution in [-0.4, -0.2) is 24.5 Å². The van der Waals surface area contributed by atoms with E-state index >= 15 is 0 Å². The Morgan fingerprint density at radius 3 is 2.24 bits per heavy atom. The van der Waals surface area contributed by atoms with E-state index in [1.807, 2.05) is 54.6 Å². The highest BCUT2D eigenvalue weighted by molar-refractivity contribution is 6.30. The maximum atomic E-state index is 13.7. The van der Waals surface area contributed by atoms with Crippen LogP contribution < -0.4 is 5.56 Å². The zero-order chi connectivity index (χ0) is 23.1. The van der Waals surface area contributed by atoms with E-state index in [9.17, 15) is 4.79 Å². The molecule has 7 nitrogen and oxygen atoms in total. The average Bonchev–Trinajstić information content (AvgIpc) is 3.56. The first-order valence-corrected chi connectivity index (χ1v) is 10.9. The fourth-order valence-corrected chi connectivity index (χ4v) is 3.99. The molecule has 0 spiro atoms. The van der Waals surface area contributed by atoms with E-state index in [1.165, 1.54) is 0 Å². The number of nitrogens with zero attached hydrogens (tertiary/aromatic N) is 5. The minimum Gasteiger partial charge on any atom is -0.364 e. The maximum Gasteiger partial charge on any atom is 0.269 e. The minimum absolute atomic E-state index is 0.215. The Bertz CT molecular complexity index is 1650. The van der Waals surface area contributed by atoms with Crippen LogP contribution in [0, 0.1) is 0 Å². The molecule has 0 aliphatic carbocycles. The Balaban J connectivity index is 1.57. The molecule has 0 N–H and O–H groups in total. The minimum atomic E-state index is -0.215. The monoisotopic (exact) mass is 465 g/mol. The van der Waals surface area contributed by atoms with Crippen molar-refractivity contribution >= 4 is 22.6 Å². The number of halogens is 1. The number of hydrogen-bond acceptors (Lipinski definition) is 5. The highest BCUT2D eigenvalue weighted by Crippen LogP contribution is 2.26. The molecule has 0 fully saturated rings. The van der Waals surface area contributed by atoms with Gasteiger partial charge < -0.3 is 4.52 Å². The molecule has 0 atom stereocenters. The van der Waals surface area contributed by atoms with Crippen LogP contribution in [0.15, 0.2) is 107 Å². The highest BCUT2D eigenvalue weighted by atomic mass is 35.5. The Kier molecular flexibility index (Phi) is 4.82. The largest absolute Gasteiger partial charge is 0.364 e. The van der Waals surface area contributed by atoms with Crippen LogP contribution in [0.4, 0.5) is 0 Å². The van der Waals surface area contributed by atoms with Crippen LogP contribution in [0.3, 0.4) is 0 Å².